The number of para-hydroxylation sites is 1. The normalized spacial score (nSPS) is 10.9. The molecule has 3 heteroatoms. The van der Waals surface area contributed by atoms with Gasteiger partial charge in [0.25, 0.3) is 0 Å². The molecule has 0 saturated heterocycles. The number of carboxylic acid groups (broad SMARTS) is 1. The second-order valence-corrected chi connectivity index (χ2v) is 4.32. The van der Waals surface area contributed by atoms with Crippen molar-refractivity contribution in [1.82, 2.24) is 0 Å². The van der Waals surface area contributed by atoms with Crippen molar-refractivity contribution in [2.45, 2.75) is 33.1 Å². The summed E-state index contributed by atoms with van der Waals surface area (Å²) in [6.07, 6.45) is 1.60. The zero-order chi connectivity index (χ0) is 12.4. The molecular formula is C14H16O3. The number of hydrogen-bond donors (Lipinski definition) is 1. The Morgan fingerprint density at radius 2 is 2.12 bits per heavy atom. The van der Waals surface area contributed by atoms with Gasteiger partial charge in [0.1, 0.15) is 11.3 Å². The SMILES string of the molecule is Cc1oc2c(CCCC(=O)O)cccc2c1C. The van der Waals surface area contributed by atoms with E-state index in [0.29, 0.717) is 6.42 Å². The lowest BCUT2D eigenvalue weighted by atomic mass is 10.0. The summed E-state index contributed by atoms with van der Waals surface area (Å²) in [6, 6.07) is 6.05. The monoisotopic (exact) mass is 232 g/mol. The molecule has 3 nitrogen and oxygen atoms in total. The molecule has 1 aromatic carbocycles. The van der Waals surface area contributed by atoms with Gasteiger partial charge < -0.3 is 9.52 Å². The highest BCUT2D eigenvalue weighted by Crippen LogP contribution is 2.28. The van der Waals surface area contributed by atoms with Gasteiger partial charge in [-0.25, -0.2) is 0 Å². The predicted molar refractivity (Wildman–Crippen MR) is 66.3 cm³/mol. The lowest BCUT2D eigenvalue weighted by molar-refractivity contribution is -0.137. The number of carboxylic acids is 1. The minimum absolute atomic E-state index is 0.203. The average Bonchev–Trinajstić information content (AvgIpc) is 2.56. The number of furan rings is 1. The molecule has 0 aliphatic carbocycles. The highest BCUT2D eigenvalue weighted by atomic mass is 16.4. The van der Waals surface area contributed by atoms with Gasteiger partial charge in [-0.2, -0.15) is 0 Å². The van der Waals surface area contributed by atoms with Crippen LogP contribution in [-0.4, -0.2) is 11.1 Å². The fourth-order valence-electron chi connectivity index (χ4n) is 2.05. The molecule has 0 spiro atoms. The number of rotatable bonds is 4. The van der Waals surface area contributed by atoms with E-state index < -0.39 is 5.97 Å². The van der Waals surface area contributed by atoms with Gasteiger partial charge in [0.15, 0.2) is 0 Å². The van der Waals surface area contributed by atoms with E-state index in [9.17, 15) is 4.79 Å². The third-order valence-corrected chi connectivity index (χ3v) is 3.12. The van der Waals surface area contributed by atoms with Crippen LogP contribution < -0.4 is 0 Å². The Hall–Kier alpha value is -1.77. The molecule has 1 N–H and O–H groups in total. The number of fused-ring (bicyclic) bond motifs is 1. The molecule has 0 aliphatic rings. The fourth-order valence-corrected chi connectivity index (χ4v) is 2.05. The zero-order valence-electron chi connectivity index (χ0n) is 10.1. The van der Waals surface area contributed by atoms with Gasteiger partial charge in [0.05, 0.1) is 0 Å². The van der Waals surface area contributed by atoms with E-state index in [1.165, 1.54) is 5.56 Å². The van der Waals surface area contributed by atoms with Crippen molar-refractivity contribution in [3.05, 3.63) is 35.1 Å². The van der Waals surface area contributed by atoms with E-state index in [4.69, 9.17) is 9.52 Å². The minimum atomic E-state index is -0.746. The minimum Gasteiger partial charge on any atom is -0.481 e. The first kappa shape index (κ1) is 11.7. The zero-order valence-corrected chi connectivity index (χ0v) is 10.1. The van der Waals surface area contributed by atoms with Crippen molar-refractivity contribution >= 4 is 16.9 Å². The van der Waals surface area contributed by atoms with Gasteiger partial charge in [-0.1, -0.05) is 18.2 Å². The van der Waals surface area contributed by atoms with Crippen LogP contribution in [0.15, 0.2) is 22.6 Å². The number of carbonyl (C=O) groups is 1. The number of aryl methyl sites for hydroxylation is 3. The molecule has 1 heterocycles. The van der Waals surface area contributed by atoms with E-state index >= 15 is 0 Å². The van der Waals surface area contributed by atoms with Crippen LogP contribution >= 0.6 is 0 Å². The highest BCUT2D eigenvalue weighted by Gasteiger charge is 2.10. The Labute approximate surface area is 100 Å². The molecule has 0 unspecified atom stereocenters. The largest absolute Gasteiger partial charge is 0.481 e. The van der Waals surface area contributed by atoms with Gasteiger partial charge in [-0.05, 0) is 37.8 Å². The highest BCUT2D eigenvalue weighted by molar-refractivity contribution is 5.84. The summed E-state index contributed by atoms with van der Waals surface area (Å²) in [5.74, 6) is 0.190. The first-order chi connectivity index (χ1) is 8.09. The van der Waals surface area contributed by atoms with E-state index in [2.05, 4.69) is 0 Å². The summed E-state index contributed by atoms with van der Waals surface area (Å²) in [7, 11) is 0. The standard InChI is InChI=1S/C14H16O3/c1-9-10(2)17-14-11(5-3-7-12(9)14)6-4-8-13(15)16/h3,5,7H,4,6,8H2,1-2H3,(H,15,16). The Bertz CT molecular complexity index is 552. The molecule has 0 saturated carbocycles. The van der Waals surface area contributed by atoms with E-state index in [1.54, 1.807) is 0 Å². The molecule has 90 valence electrons. The van der Waals surface area contributed by atoms with E-state index in [1.807, 2.05) is 32.0 Å². The second kappa shape index (κ2) is 4.62. The van der Waals surface area contributed by atoms with E-state index in [-0.39, 0.29) is 6.42 Å². The van der Waals surface area contributed by atoms with Crippen molar-refractivity contribution < 1.29 is 14.3 Å². The number of aliphatic carboxylic acids is 1. The topological polar surface area (TPSA) is 50.4 Å². The van der Waals surface area contributed by atoms with Crippen LogP contribution in [0.1, 0.15) is 29.7 Å². The summed E-state index contributed by atoms with van der Waals surface area (Å²) in [6.45, 7) is 4.00. The molecule has 0 aliphatic heterocycles. The lowest BCUT2D eigenvalue weighted by Gasteiger charge is -2.00. The van der Waals surface area contributed by atoms with Crippen molar-refractivity contribution in [3.8, 4) is 0 Å². The Balaban J connectivity index is 2.28. The number of benzene rings is 1. The van der Waals surface area contributed by atoms with Gasteiger partial charge in [-0.3, -0.25) is 4.79 Å². The van der Waals surface area contributed by atoms with Crippen molar-refractivity contribution in [3.63, 3.8) is 0 Å². The van der Waals surface area contributed by atoms with Crippen LogP contribution in [0.2, 0.25) is 0 Å². The van der Waals surface area contributed by atoms with Gasteiger partial charge in [0.2, 0.25) is 0 Å². The maximum Gasteiger partial charge on any atom is 0.303 e. The summed E-state index contributed by atoms with van der Waals surface area (Å²) in [5, 5.41) is 9.76. The quantitative estimate of drug-likeness (QED) is 0.878. The summed E-state index contributed by atoms with van der Waals surface area (Å²) in [5.41, 5.74) is 3.17. The predicted octanol–water partition coefficient (Wildman–Crippen LogP) is 3.46. The molecule has 0 amide bonds. The molecule has 17 heavy (non-hydrogen) atoms. The molecule has 1 aromatic heterocycles. The third kappa shape index (κ3) is 2.33. The molecule has 0 atom stereocenters. The van der Waals surface area contributed by atoms with Crippen LogP contribution in [0.3, 0.4) is 0 Å². The maximum absolute atomic E-state index is 10.5. The number of hydrogen-bond acceptors (Lipinski definition) is 2. The Morgan fingerprint density at radius 1 is 1.35 bits per heavy atom. The molecule has 2 aromatic rings. The van der Waals surface area contributed by atoms with Crippen LogP contribution in [0, 0.1) is 13.8 Å². The second-order valence-electron chi connectivity index (χ2n) is 4.32. The van der Waals surface area contributed by atoms with Crippen LogP contribution in [0.25, 0.3) is 11.0 Å². The van der Waals surface area contributed by atoms with Gasteiger partial charge in [0, 0.05) is 11.8 Å². The van der Waals surface area contributed by atoms with Crippen molar-refractivity contribution in [1.29, 1.82) is 0 Å². The van der Waals surface area contributed by atoms with Crippen LogP contribution in [-0.2, 0) is 11.2 Å². The first-order valence-electron chi connectivity index (χ1n) is 5.79. The van der Waals surface area contributed by atoms with Crippen molar-refractivity contribution in [2.75, 3.05) is 0 Å². The first-order valence-corrected chi connectivity index (χ1v) is 5.79. The summed E-state index contributed by atoms with van der Waals surface area (Å²) in [4.78, 5) is 10.5. The van der Waals surface area contributed by atoms with Gasteiger partial charge in [-0.15, -0.1) is 0 Å². The van der Waals surface area contributed by atoms with Crippen LogP contribution in [0.5, 0.6) is 0 Å². The third-order valence-electron chi connectivity index (χ3n) is 3.12. The molecule has 0 fully saturated rings. The molecule has 0 radical (unpaired) electrons. The van der Waals surface area contributed by atoms with E-state index in [0.717, 1.165) is 28.7 Å². The fraction of sp³-hybridized carbons (Fsp3) is 0.357. The average molecular weight is 232 g/mol. The molecule has 0 bridgehead atoms. The Morgan fingerprint density at radius 3 is 2.82 bits per heavy atom. The molecular weight excluding hydrogens is 216 g/mol. The van der Waals surface area contributed by atoms with Crippen LogP contribution in [0.4, 0.5) is 0 Å². The van der Waals surface area contributed by atoms with Crippen molar-refractivity contribution in [2.24, 2.45) is 0 Å². The van der Waals surface area contributed by atoms with Gasteiger partial charge >= 0.3 is 5.97 Å². The molecule has 2 rings (SSSR count). The maximum atomic E-state index is 10.5. The summed E-state index contributed by atoms with van der Waals surface area (Å²) < 4.78 is 5.74. The lowest BCUT2D eigenvalue weighted by Crippen LogP contribution is -1.96. The summed E-state index contributed by atoms with van der Waals surface area (Å²) >= 11 is 0. The Kier molecular flexibility index (Phi) is 3.18. The smallest absolute Gasteiger partial charge is 0.303 e.